The third-order valence-electron chi connectivity index (χ3n) is 11.1. The molecule has 0 radical (unpaired) electrons. The summed E-state index contributed by atoms with van der Waals surface area (Å²) < 4.78 is 4.97. The van der Waals surface area contributed by atoms with Crippen molar-refractivity contribution in [3.63, 3.8) is 0 Å². The zero-order chi connectivity index (χ0) is 43.1. The Morgan fingerprint density at radius 1 is 0.526 bits per heavy atom. The first kappa shape index (κ1) is 62.0. The number of hydrogen-bond acceptors (Lipinski definition) is 5. The van der Waals surface area contributed by atoms with E-state index in [0.717, 1.165) is 32.5 Å². The maximum atomic E-state index is 11.8. The highest BCUT2D eigenvalue weighted by atomic mass is 16.5. The maximum absolute atomic E-state index is 11.8. The Morgan fingerprint density at radius 2 is 0.789 bits per heavy atom. The summed E-state index contributed by atoms with van der Waals surface area (Å²) in [7, 11) is 2.59. The van der Waals surface area contributed by atoms with Gasteiger partial charge >= 0.3 is 0 Å². The Balaban J connectivity index is -0.00000187. The van der Waals surface area contributed by atoms with Gasteiger partial charge < -0.3 is 25.2 Å². The fraction of sp³-hybridized carbons (Fsp3) is 0.920. The van der Waals surface area contributed by atoms with Crippen LogP contribution in [0.2, 0.25) is 0 Å². The Bertz CT molecular complexity index is 719. The van der Waals surface area contributed by atoms with Crippen LogP contribution in [0.15, 0.2) is 0 Å². The van der Waals surface area contributed by atoms with E-state index < -0.39 is 0 Å². The van der Waals surface area contributed by atoms with Crippen LogP contribution in [0.1, 0.15) is 245 Å². The van der Waals surface area contributed by atoms with Crippen LogP contribution in [-0.2, 0) is 14.3 Å². The molecule has 0 fully saturated rings. The van der Waals surface area contributed by atoms with Gasteiger partial charge in [0.05, 0.1) is 0 Å². The molecule has 0 saturated heterocycles. The van der Waals surface area contributed by atoms with Crippen LogP contribution in [0.4, 0.5) is 0 Å². The number of carbonyl (C=O) groups is 2. The fourth-order valence-corrected chi connectivity index (χ4v) is 7.74. The number of hydrogen-bond donors (Lipinski definition) is 3. The van der Waals surface area contributed by atoms with Gasteiger partial charge in [-0.25, -0.2) is 0 Å². The number of nitrogens with zero attached hydrogens (tertiary/aromatic N) is 1. The normalized spacial score (nSPS) is 10.6. The van der Waals surface area contributed by atoms with E-state index in [4.69, 9.17) is 19.7 Å². The van der Waals surface area contributed by atoms with Crippen molar-refractivity contribution in [1.29, 1.82) is 0 Å². The average Bonchev–Trinajstić information content (AvgIpc) is 3.23. The number of carbonyl (C=O) groups excluding carboxylic acids is 1. The van der Waals surface area contributed by atoms with Crippen LogP contribution in [-0.4, -0.2) is 74.5 Å². The number of terminal acetylenes is 1. The molecule has 7 nitrogen and oxygen atoms in total. The number of carboxylic acid groups (broad SMARTS) is 1. The molecule has 1 amide bonds. The molecule has 3 N–H and O–H groups in total. The van der Waals surface area contributed by atoms with Crippen molar-refractivity contribution < 1.29 is 24.5 Å². The summed E-state index contributed by atoms with van der Waals surface area (Å²) in [4.78, 5) is 22.9. The highest BCUT2D eigenvalue weighted by molar-refractivity contribution is 5.77. The van der Waals surface area contributed by atoms with Crippen LogP contribution in [0.5, 0.6) is 0 Å². The average molecular weight is 811 g/mol. The summed E-state index contributed by atoms with van der Waals surface area (Å²) in [5.41, 5.74) is 0. The number of nitrogens with one attached hydrogen (secondary N) is 1. The van der Waals surface area contributed by atoms with E-state index in [1.165, 1.54) is 231 Å². The van der Waals surface area contributed by atoms with Crippen LogP contribution < -0.4 is 5.32 Å². The van der Waals surface area contributed by atoms with Gasteiger partial charge in [-0.3, -0.25) is 9.59 Å². The third kappa shape index (κ3) is 58.8. The van der Waals surface area contributed by atoms with Crippen molar-refractivity contribution >= 4 is 12.4 Å². The summed E-state index contributed by atoms with van der Waals surface area (Å²) in [5.74, 6) is 0.990. The number of amides is 1. The Hall–Kier alpha value is -1.62. The van der Waals surface area contributed by atoms with E-state index in [1.807, 2.05) is 0 Å². The molecule has 0 atom stereocenters. The topological polar surface area (TPSA) is 99.1 Å². The van der Waals surface area contributed by atoms with Gasteiger partial charge in [0.15, 0.2) is 0 Å². The number of rotatable bonds is 43. The number of aliphatic hydroxyl groups is 1. The zero-order valence-corrected chi connectivity index (χ0v) is 39.2. The van der Waals surface area contributed by atoms with Crippen molar-refractivity contribution in [2.24, 2.45) is 5.92 Å². The van der Waals surface area contributed by atoms with Crippen LogP contribution in [0.25, 0.3) is 0 Å². The zero-order valence-electron chi connectivity index (χ0n) is 39.2. The van der Waals surface area contributed by atoms with Crippen molar-refractivity contribution in [2.75, 3.05) is 47.0 Å². The summed E-state index contributed by atoms with van der Waals surface area (Å²) in [6.07, 6.45) is 57.5. The van der Waals surface area contributed by atoms with E-state index >= 15 is 0 Å². The first-order valence-electron chi connectivity index (χ1n) is 24.4. The van der Waals surface area contributed by atoms with Gasteiger partial charge in [0, 0.05) is 20.8 Å². The molecule has 0 unspecified atom stereocenters. The maximum Gasteiger partial charge on any atom is 0.290 e. The van der Waals surface area contributed by atoms with Gasteiger partial charge in [0.2, 0.25) is 5.91 Å². The molecule has 0 rings (SSSR count). The second-order valence-electron chi connectivity index (χ2n) is 16.2. The van der Waals surface area contributed by atoms with Crippen molar-refractivity contribution in [2.45, 2.75) is 245 Å². The molecule has 0 aliphatic heterocycles. The van der Waals surface area contributed by atoms with E-state index in [0.29, 0.717) is 0 Å². The summed E-state index contributed by atoms with van der Waals surface area (Å²) in [6, 6.07) is 0. The lowest BCUT2D eigenvalue weighted by Gasteiger charge is -2.22. The largest absolute Gasteiger partial charge is 0.483 e. The second kappa shape index (κ2) is 61.0. The smallest absolute Gasteiger partial charge is 0.290 e. The number of methoxy groups -OCH3 is 1. The molecule has 342 valence electrons. The van der Waals surface area contributed by atoms with Crippen molar-refractivity contribution in [3.05, 3.63) is 0 Å². The quantitative estimate of drug-likeness (QED) is 0.0322. The lowest BCUT2D eigenvalue weighted by Crippen LogP contribution is -2.32. The molecule has 7 heteroatoms. The predicted molar refractivity (Wildman–Crippen MR) is 250 cm³/mol. The van der Waals surface area contributed by atoms with E-state index in [-0.39, 0.29) is 19.0 Å². The van der Waals surface area contributed by atoms with Gasteiger partial charge in [-0.2, -0.15) is 0 Å². The minimum absolute atomic E-state index is 0.00668. The molecule has 0 aromatic carbocycles. The van der Waals surface area contributed by atoms with Crippen molar-refractivity contribution in [1.82, 2.24) is 10.2 Å². The SMILES string of the molecule is C#C.CCCCCCCCCCCCCCCCN(CCCCCCCC(CCCCCCCC)CCCCCCCC)CCCNC(=O)COC.CO.O=CO. The second-order valence-corrected chi connectivity index (χ2v) is 16.2. The Kier molecular flexibility index (Phi) is 66.4. The Morgan fingerprint density at radius 3 is 1.09 bits per heavy atom. The summed E-state index contributed by atoms with van der Waals surface area (Å²) in [6.45, 7) is 11.2. The molecular weight excluding hydrogens is 709 g/mol. The highest BCUT2D eigenvalue weighted by Gasteiger charge is 2.10. The number of ether oxygens (including phenoxy) is 1. The molecule has 0 aromatic rings. The first-order chi connectivity index (χ1) is 28.1. The molecule has 0 spiro atoms. The fourth-order valence-electron chi connectivity index (χ4n) is 7.74. The highest BCUT2D eigenvalue weighted by Crippen LogP contribution is 2.25. The minimum atomic E-state index is -0.250. The third-order valence-corrected chi connectivity index (χ3v) is 11.1. The van der Waals surface area contributed by atoms with Gasteiger partial charge in [-0.15, -0.1) is 12.8 Å². The number of aliphatic hydroxyl groups excluding tert-OH is 1. The first-order valence-corrected chi connectivity index (χ1v) is 24.4. The Labute approximate surface area is 357 Å². The molecule has 57 heavy (non-hydrogen) atoms. The predicted octanol–water partition coefficient (Wildman–Crippen LogP) is 13.9. The monoisotopic (exact) mass is 811 g/mol. The molecule has 0 aliphatic rings. The van der Waals surface area contributed by atoms with E-state index in [2.05, 4.69) is 43.8 Å². The molecule has 0 aromatic heterocycles. The molecule has 0 saturated carbocycles. The van der Waals surface area contributed by atoms with E-state index in [9.17, 15) is 4.79 Å². The summed E-state index contributed by atoms with van der Waals surface area (Å²) >= 11 is 0. The minimum Gasteiger partial charge on any atom is -0.483 e. The molecule has 0 heterocycles. The lowest BCUT2D eigenvalue weighted by molar-refractivity contribution is -0.125. The lowest BCUT2D eigenvalue weighted by atomic mass is 9.89. The van der Waals surface area contributed by atoms with Crippen LogP contribution in [0.3, 0.4) is 0 Å². The van der Waals surface area contributed by atoms with E-state index in [1.54, 1.807) is 7.11 Å². The van der Waals surface area contributed by atoms with Crippen molar-refractivity contribution in [3.8, 4) is 12.8 Å². The van der Waals surface area contributed by atoms with Gasteiger partial charge in [-0.1, -0.05) is 226 Å². The molecular formula is C50H102N2O5. The van der Waals surface area contributed by atoms with Gasteiger partial charge in [0.25, 0.3) is 6.47 Å². The standard InChI is InChI=1S/C46H94N2O2.C2H2.CH2O2.CH4O/c1-5-8-11-14-17-18-19-20-21-22-23-24-29-34-41-48(43-36-40-47-46(49)44-50-4)42-35-30-25-28-33-39-45(37-31-26-15-12-9-6-2)38-32-27-16-13-10-7-3;1-2;2-1-3;1-2/h45H,5-44H2,1-4H3,(H,47,49);1-2H;1H,(H,2,3);2H,1H3. The number of unbranched alkanes of at least 4 members (excludes halogenated alkanes) is 27. The van der Waals surface area contributed by atoms with Gasteiger partial charge in [0.1, 0.15) is 6.61 Å². The van der Waals surface area contributed by atoms with Crippen LogP contribution in [0, 0.1) is 18.8 Å². The van der Waals surface area contributed by atoms with Crippen LogP contribution >= 0.6 is 0 Å². The molecule has 0 bridgehead atoms. The van der Waals surface area contributed by atoms with Gasteiger partial charge in [-0.05, 0) is 44.8 Å². The summed E-state index contributed by atoms with van der Waals surface area (Å²) in [5, 5.41) is 16.9. The molecule has 0 aliphatic carbocycles.